The third kappa shape index (κ3) is 12.9. The summed E-state index contributed by atoms with van der Waals surface area (Å²) in [5.41, 5.74) is 7.46. The summed E-state index contributed by atoms with van der Waals surface area (Å²) in [6.45, 7) is 11.1. The molecule has 0 radical (unpaired) electrons. The molecule has 61 heavy (non-hydrogen) atoms. The van der Waals surface area contributed by atoms with Crippen LogP contribution in [-0.4, -0.2) is 88.5 Å². The second-order valence-corrected chi connectivity index (χ2v) is 17.1. The van der Waals surface area contributed by atoms with Gasteiger partial charge < -0.3 is 36.0 Å². The molecule has 1 fully saturated rings. The van der Waals surface area contributed by atoms with Crippen LogP contribution < -0.4 is 21.3 Å². The minimum absolute atomic E-state index is 0.000630. The van der Waals surface area contributed by atoms with Gasteiger partial charge in [-0.05, 0) is 122 Å². The predicted octanol–water partition coefficient (Wildman–Crippen LogP) is 9.12. The normalized spacial score (nSPS) is 12.7. The van der Waals surface area contributed by atoms with Gasteiger partial charge in [0.1, 0.15) is 0 Å². The van der Waals surface area contributed by atoms with Crippen molar-refractivity contribution in [1.82, 2.24) is 19.8 Å². The predicted molar refractivity (Wildman–Crippen MR) is 250 cm³/mol. The largest absolute Gasteiger partial charge is 0.476 e. The summed E-state index contributed by atoms with van der Waals surface area (Å²) in [5.74, 6) is -1.86. The van der Waals surface area contributed by atoms with Crippen LogP contribution in [0.25, 0.3) is 0 Å². The molecule has 0 saturated carbocycles. The number of hydrogen-bond donors (Lipinski definition) is 5. The molecule has 1 aliphatic heterocycles. The van der Waals surface area contributed by atoms with Crippen molar-refractivity contribution in [3.8, 4) is 0 Å². The van der Waals surface area contributed by atoms with E-state index < -0.39 is 11.9 Å². The highest BCUT2D eigenvalue weighted by Gasteiger charge is 2.16. The molecule has 2 aromatic heterocycles. The number of likely N-dealkylation sites (N-methyl/N-ethyl adjacent to an activating group) is 1. The summed E-state index contributed by atoms with van der Waals surface area (Å²) < 4.78 is 5.96. The topological polar surface area (TPSA) is 178 Å². The monoisotopic (exact) mass is 972 g/mol. The molecular formula is C44H45IN8O6S2. The molecule has 6 aromatic rings. The van der Waals surface area contributed by atoms with Gasteiger partial charge in [-0.2, -0.15) is 0 Å². The van der Waals surface area contributed by atoms with Gasteiger partial charge in [-0.3, -0.25) is 14.5 Å². The Balaban J connectivity index is 0.000000207. The van der Waals surface area contributed by atoms with Gasteiger partial charge in [-0.25, -0.2) is 19.6 Å². The third-order valence-electron chi connectivity index (χ3n) is 9.49. The molecule has 2 amide bonds. The number of carbonyl (C=O) groups excluding carboxylic acids is 3. The van der Waals surface area contributed by atoms with E-state index in [0.717, 1.165) is 58.8 Å². The molecule has 0 atom stereocenters. The standard InChI is InChI=1S/C24H27N5O3S.C20H18IN3O3S/c1-16-3-8-19(13-20(16)26-24-27-21(15-33-24)23(31)32)25-22(30)18-6-4-17(5-7-18)14-29-11-9-28(2)10-12-29;1-3-27-19(26)17-11-28-20(24-17)23-16-10-15(8-7-12(16)2)22-18(25)13-5-4-6-14(21)9-13/h3-8,13,15H,9-12,14H2,1-2H3,(H,25,30)(H,26,27)(H,31,32);4-11H,3H2,1-2H3,(H,22,25)(H,23,24). The first-order valence-corrected chi connectivity index (χ1v) is 22.1. The van der Waals surface area contributed by atoms with E-state index >= 15 is 0 Å². The van der Waals surface area contributed by atoms with Gasteiger partial charge in [0.2, 0.25) is 0 Å². The molecule has 0 aliphatic carbocycles. The number of nitrogens with one attached hydrogen (secondary N) is 4. The Morgan fingerprint density at radius 1 is 0.738 bits per heavy atom. The van der Waals surface area contributed by atoms with E-state index in [4.69, 9.17) is 9.84 Å². The highest BCUT2D eigenvalue weighted by atomic mass is 127. The van der Waals surface area contributed by atoms with Crippen molar-refractivity contribution in [2.75, 3.05) is 61.1 Å². The van der Waals surface area contributed by atoms with Crippen molar-refractivity contribution in [2.45, 2.75) is 27.3 Å². The summed E-state index contributed by atoms with van der Waals surface area (Å²) in [7, 11) is 2.14. The molecule has 0 unspecified atom stereocenters. The number of benzene rings is 4. The van der Waals surface area contributed by atoms with E-state index in [9.17, 15) is 19.2 Å². The van der Waals surface area contributed by atoms with E-state index in [2.05, 4.69) is 70.7 Å². The van der Waals surface area contributed by atoms with Gasteiger partial charge in [0.25, 0.3) is 11.8 Å². The number of hydrogen-bond acceptors (Lipinski definition) is 13. The number of amides is 2. The fourth-order valence-corrected chi connectivity index (χ4v) is 7.95. The average molecular weight is 973 g/mol. The fourth-order valence-electron chi connectivity index (χ4n) is 6.02. The van der Waals surface area contributed by atoms with Crippen LogP contribution in [-0.2, 0) is 11.3 Å². The smallest absolute Gasteiger partial charge is 0.357 e. The number of halogens is 1. The van der Waals surface area contributed by atoms with Gasteiger partial charge in [-0.1, -0.05) is 30.3 Å². The average Bonchev–Trinajstić information content (AvgIpc) is 3.92. The Hall–Kier alpha value is -5.73. The number of aryl methyl sites for hydroxylation is 2. The number of carbonyl (C=O) groups is 4. The third-order valence-corrected chi connectivity index (χ3v) is 11.7. The highest BCUT2D eigenvalue weighted by Crippen LogP contribution is 2.28. The number of thiazole rings is 2. The molecule has 17 heteroatoms. The lowest BCUT2D eigenvalue weighted by Crippen LogP contribution is -2.43. The minimum Gasteiger partial charge on any atom is -0.476 e. The van der Waals surface area contributed by atoms with Crippen molar-refractivity contribution in [3.05, 3.63) is 138 Å². The van der Waals surface area contributed by atoms with Gasteiger partial charge in [0, 0.05) is 80.9 Å². The van der Waals surface area contributed by atoms with E-state index in [1.165, 1.54) is 33.6 Å². The number of nitrogens with zero attached hydrogens (tertiary/aromatic N) is 4. The molecule has 1 saturated heterocycles. The number of rotatable bonds is 13. The molecule has 4 aromatic carbocycles. The van der Waals surface area contributed by atoms with Crippen LogP contribution in [0.2, 0.25) is 0 Å². The molecule has 316 valence electrons. The molecule has 14 nitrogen and oxygen atoms in total. The lowest BCUT2D eigenvalue weighted by molar-refractivity contribution is 0.0519. The number of carboxylic acids is 1. The van der Waals surface area contributed by atoms with Crippen LogP contribution in [0.15, 0.2) is 95.7 Å². The zero-order chi connectivity index (χ0) is 43.5. The highest BCUT2D eigenvalue weighted by molar-refractivity contribution is 14.1. The Morgan fingerprint density at radius 3 is 1.84 bits per heavy atom. The number of piperazine rings is 1. The Morgan fingerprint density at radius 2 is 1.30 bits per heavy atom. The van der Waals surface area contributed by atoms with Crippen molar-refractivity contribution in [3.63, 3.8) is 0 Å². The van der Waals surface area contributed by atoms with Gasteiger partial charge in [0.05, 0.1) is 6.61 Å². The van der Waals surface area contributed by atoms with Gasteiger partial charge >= 0.3 is 11.9 Å². The summed E-state index contributed by atoms with van der Waals surface area (Å²) >= 11 is 4.70. The van der Waals surface area contributed by atoms with Crippen LogP contribution in [0.4, 0.5) is 33.0 Å². The second kappa shape index (κ2) is 21.2. The number of carboxylic acid groups (broad SMARTS) is 1. The SMILES string of the molecule is CCOC(=O)c1csc(Nc2cc(NC(=O)c3cccc(I)c3)ccc2C)n1.Cc1ccc(NC(=O)c2ccc(CN3CCN(C)CC3)cc2)cc1Nc1nc(C(=O)O)cs1. The van der Waals surface area contributed by atoms with Crippen molar-refractivity contribution in [2.24, 2.45) is 0 Å². The molecule has 0 bridgehead atoms. The van der Waals surface area contributed by atoms with E-state index in [-0.39, 0.29) is 23.2 Å². The van der Waals surface area contributed by atoms with Crippen molar-refractivity contribution < 1.29 is 29.0 Å². The van der Waals surface area contributed by atoms with Crippen LogP contribution in [0.5, 0.6) is 0 Å². The zero-order valence-corrected chi connectivity index (χ0v) is 37.7. The molecule has 0 spiro atoms. The summed E-state index contributed by atoms with van der Waals surface area (Å²) in [4.78, 5) is 61.1. The zero-order valence-electron chi connectivity index (χ0n) is 34.0. The number of ether oxygens (including phenoxy) is 1. The Labute approximate surface area is 375 Å². The second-order valence-electron chi connectivity index (χ2n) is 14.1. The first kappa shape index (κ1) is 44.8. The molecule has 7 rings (SSSR count). The first-order valence-electron chi connectivity index (χ1n) is 19.3. The van der Waals surface area contributed by atoms with Crippen LogP contribution in [0.3, 0.4) is 0 Å². The Bertz CT molecular complexity index is 2500. The van der Waals surface area contributed by atoms with Gasteiger partial charge in [-0.15, -0.1) is 22.7 Å². The van der Waals surface area contributed by atoms with Crippen LogP contribution >= 0.6 is 45.3 Å². The lowest BCUT2D eigenvalue weighted by Gasteiger charge is -2.32. The molecular weight excluding hydrogens is 928 g/mol. The van der Waals surface area contributed by atoms with E-state index in [1.807, 2.05) is 92.7 Å². The van der Waals surface area contributed by atoms with Crippen LogP contribution in [0.1, 0.15) is 65.3 Å². The van der Waals surface area contributed by atoms with E-state index in [0.29, 0.717) is 39.4 Å². The van der Waals surface area contributed by atoms with Crippen LogP contribution in [0, 0.1) is 17.4 Å². The molecule has 3 heterocycles. The maximum absolute atomic E-state index is 12.8. The number of anilines is 6. The lowest BCUT2D eigenvalue weighted by atomic mass is 10.1. The van der Waals surface area contributed by atoms with Crippen molar-refractivity contribution in [1.29, 1.82) is 0 Å². The van der Waals surface area contributed by atoms with Gasteiger partial charge in [0.15, 0.2) is 21.7 Å². The molecule has 1 aliphatic rings. The fraction of sp³-hybridized carbons (Fsp3) is 0.227. The first-order chi connectivity index (χ1) is 29.3. The quantitative estimate of drug-likeness (QED) is 0.0549. The van der Waals surface area contributed by atoms with Crippen molar-refractivity contribution >= 4 is 102 Å². The number of aromatic carboxylic acids is 1. The summed E-state index contributed by atoms with van der Waals surface area (Å²) in [5, 5.41) is 25.4. The molecule has 5 N–H and O–H groups in total. The minimum atomic E-state index is -1.06. The van der Waals surface area contributed by atoms with E-state index in [1.54, 1.807) is 18.4 Å². The maximum atomic E-state index is 12.8. The Kier molecular flexibility index (Phi) is 15.6. The maximum Gasteiger partial charge on any atom is 0.357 e. The number of aromatic nitrogens is 2. The summed E-state index contributed by atoms with van der Waals surface area (Å²) in [6, 6.07) is 26.3. The number of esters is 1. The summed E-state index contributed by atoms with van der Waals surface area (Å²) in [6.07, 6.45) is 0.